The van der Waals surface area contributed by atoms with Crippen molar-refractivity contribution in [3.8, 4) is 5.75 Å². The van der Waals surface area contributed by atoms with Crippen molar-refractivity contribution in [2.75, 3.05) is 0 Å². The summed E-state index contributed by atoms with van der Waals surface area (Å²) in [5.74, 6) is -1.14. The zero-order valence-electron chi connectivity index (χ0n) is 9.09. The Kier molecular flexibility index (Phi) is 4.13. The van der Waals surface area contributed by atoms with E-state index in [0.717, 1.165) is 6.07 Å². The van der Waals surface area contributed by atoms with Crippen LogP contribution >= 0.6 is 11.8 Å². The lowest BCUT2D eigenvalue weighted by Gasteiger charge is -2.21. The van der Waals surface area contributed by atoms with Gasteiger partial charge in [-0.15, -0.1) is 0 Å². The summed E-state index contributed by atoms with van der Waals surface area (Å²) in [6, 6.07) is 0.751. The van der Waals surface area contributed by atoms with Gasteiger partial charge in [0.05, 0.1) is 0 Å². The molecule has 0 radical (unpaired) electrons. The molecule has 0 fully saturated rings. The van der Waals surface area contributed by atoms with E-state index in [0.29, 0.717) is 0 Å². The summed E-state index contributed by atoms with van der Waals surface area (Å²) >= 11 is -1.04. The molecule has 1 atom stereocenters. The minimum Gasteiger partial charge on any atom is -0.506 e. The second-order valence-electron chi connectivity index (χ2n) is 3.43. The number of thioether (sulfide) groups is 1. The first kappa shape index (κ1) is 15.7. The minimum absolute atomic E-state index is 0.136. The van der Waals surface area contributed by atoms with Gasteiger partial charge in [0.15, 0.2) is 0 Å². The molecule has 10 heteroatoms. The molecule has 0 saturated heterocycles. The largest absolute Gasteiger partial charge is 0.506 e. The Morgan fingerprint density at radius 1 is 1.32 bits per heavy atom. The van der Waals surface area contributed by atoms with Gasteiger partial charge in [0.2, 0.25) is 0 Å². The summed E-state index contributed by atoms with van der Waals surface area (Å²) in [4.78, 5) is 9.93. The number of hydrogen-bond donors (Lipinski definition) is 1. The van der Waals surface area contributed by atoms with E-state index < -0.39 is 45.6 Å². The van der Waals surface area contributed by atoms with Crippen LogP contribution in [0.4, 0.5) is 26.3 Å². The maximum Gasteiger partial charge on any atom is 0.426 e. The van der Waals surface area contributed by atoms with Crippen LogP contribution in [0.5, 0.6) is 5.75 Å². The van der Waals surface area contributed by atoms with Crippen molar-refractivity contribution in [3.05, 3.63) is 22.2 Å². The van der Waals surface area contributed by atoms with E-state index in [4.69, 9.17) is 0 Å². The molecule has 0 aliphatic rings. The number of rotatable bonds is 3. The molecule has 3 nitrogen and oxygen atoms in total. The van der Waals surface area contributed by atoms with Crippen molar-refractivity contribution in [1.82, 2.24) is 0 Å². The SMILES string of the molecule is Cc1cc(O)c(SC(F)(F)C(F)C(F)(F)F)c(=O)o1. The Labute approximate surface area is 106 Å². The zero-order valence-corrected chi connectivity index (χ0v) is 9.91. The van der Waals surface area contributed by atoms with E-state index in [-0.39, 0.29) is 5.76 Å². The van der Waals surface area contributed by atoms with Gasteiger partial charge in [-0.2, -0.15) is 22.0 Å². The standard InChI is InChI=1S/C9H6F6O3S/c1-3-2-4(16)5(6(17)18-3)19-9(14,15)7(10)8(11,12)13/h2,7,16H,1H3. The van der Waals surface area contributed by atoms with E-state index in [1.54, 1.807) is 0 Å². The average Bonchev–Trinajstić information content (AvgIpc) is 2.21. The molecule has 0 bridgehead atoms. The van der Waals surface area contributed by atoms with Gasteiger partial charge in [-0.05, 0) is 18.7 Å². The van der Waals surface area contributed by atoms with Gasteiger partial charge in [-0.1, -0.05) is 0 Å². The van der Waals surface area contributed by atoms with Gasteiger partial charge >= 0.3 is 17.1 Å². The van der Waals surface area contributed by atoms with E-state index in [1.165, 1.54) is 6.92 Å². The van der Waals surface area contributed by atoms with Crippen molar-refractivity contribution in [2.24, 2.45) is 0 Å². The fraction of sp³-hybridized carbons (Fsp3) is 0.444. The molecule has 1 aromatic rings. The Balaban J connectivity index is 3.12. The molecule has 1 aromatic heterocycles. The molecule has 1 rings (SSSR count). The number of aryl methyl sites for hydroxylation is 1. The van der Waals surface area contributed by atoms with Gasteiger partial charge in [-0.25, -0.2) is 9.18 Å². The van der Waals surface area contributed by atoms with Crippen molar-refractivity contribution in [2.45, 2.75) is 29.4 Å². The maximum atomic E-state index is 13.0. The highest BCUT2D eigenvalue weighted by molar-refractivity contribution is 8.00. The average molecular weight is 308 g/mol. The molecule has 1 N–H and O–H groups in total. The number of hydrogen-bond acceptors (Lipinski definition) is 4. The Morgan fingerprint density at radius 2 is 1.84 bits per heavy atom. The van der Waals surface area contributed by atoms with Crippen LogP contribution in [-0.2, 0) is 0 Å². The summed E-state index contributed by atoms with van der Waals surface area (Å²) in [6.45, 7) is 1.21. The van der Waals surface area contributed by atoms with Crippen molar-refractivity contribution in [1.29, 1.82) is 0 Å². The topological polar surface area (TPSA) is 50.4 Å². The third-order valence-corrected chi connectivity index (χ3v) is 2.89. The highest BCUT2D eigenvalue weighted by atomic mass is 32.2. The molecule has 0 aliphatic heterocycles. The second kappa shape index (κ2) is 4.99. The molecule has 0 saturated carbocycles. The van der Waals surface area contributed by atoms with E-state index in [1.807, 2.05) is 0 Å². The lowest BCUT2D eigenvalue weighted by Crippen LogP contribution is -2.39. The molecule has 0 spiro atoms. The quantitative estimate of drug-likeness (QED) is 0.688. The molecular formula is C9H6F6O3S. The monoisotopic (exact) mass is 308 g/mol. The van der Waals surface area contributed by atoms with Crippen LogP contribution in [0.15, 0.2) is 20.2 Å². The first-order valence-electron chi connectivity index (χ1n) is 4.56. The van der Waals surface area contributed by atoms with E-state index in [2.05, 4.69) is 4.42 Å². The van der Waals surface area contributed by atoms with Crippen LogP contribution < -0.4 is 5.63 Å². The summed E-state index contributed by atoms with van der Waals surface area (Å²) in [5.41, 5.74) is -1.48. The van der Waals surface area contributed by atoms with Crippen LogP contribution in [0.25, 0.3) is 0 Å². The smallest absolute Gasteiger partial charge is 0.426 e. The molecule has 19 heavy (non-hydrogen) atoms. The summed E-state index contributed by atoms with van der Waals surface area (Å²) in [7, 11) is 0. The van der Waals surface area contributed by atoms with Crippen molar-refractivity contribution in [3.63, 3.8) is 0 Å². The highest BCUT2D eigenvalue weighted by Crippen LogP contribution is 2.46. The van der Waals surface area contributed by atoms with E-state index in [9.17, 15) is 36.2 Å². The highest BCUT2D eigenvalue weighted by Gasteiger charge is 2.58. The maximum absolute atomic E-state index is 13.0. The third-order valence-electron chi connectivity index (χ3n) is 1.83. The predicted octanol–water partition coefficient (Wildman–Crippen LogP) is 3.24. The Hall–Kier alpha value is -1.32. The number of aromatic hydroxyl groups is 1. The lowest BCUT2D eigenvalue weighted by atomic mass is 10.4. The first-order chi connectivity index (χ1) is 8.45. The van der Waals surface area contributed by atoms with Crippen LogP contribution in [0, 0.1) is 6.92 Å². The second-order valence-corrected chi connectivity index (χ2v) is 4.58. The fourth-order valence-electron chi connectivity index (χ4n) is 1.06. The number of halogens is 6. The zero-order chi connectivity index (χ0) is 15.0. The summed E-state index contributed by atoms with van der Waals surface area (Å²) in [6.07, 6.45) is -10.3. The molecule has 0 aliphatic carbocycles. The molecule has 0 aromatic carbocycles. The van der Waals surface area contributed by atoms with Crippen LogP contribution in [0.1, 0.15) is 5.76 Å². The van der Waals surface area contributed by atoms with Gasteiger partial charge in [0.1, 0.15) is 16.4 Å². The molecule has 0 amide bonds. The minimum atomic E-state index is -5.79. The molecular weight excluding hydrogens is 302 g/mol. The van der Waals surface area contributed by atoms with Gasteiger partial charge < -0.3 is 9.52 Å². The van der Waals surface area contributed by atoms with Gasteiger partial charge in [0, 0.05) is 6.07 Å². The molecule has 1 heterocycles. The normalized spacial score (nSPS) is 14.5. The molecule has 108 valence electrons. The van der Waals surface area contributed by atoms with Crippen LogP contribution in [0.2, 0.25) is 0 Å². The number of alkyl halides is 6. The third kappa shape index (κ3) is 3.58. The first-order valence-corrected chi connectivity index (χ1v) is 5.38. The van der Waals surface area contributed by atoms with Crippen molar-refractivity contribution >= 4 is 11.8 Å². The predicted molar refractivity (Wildman–Crippen MR) is 53.1 cm³/mol. The Morgan fingerprint density at radius 3 is 2.26 bits per heavy atom. The summed E-state index contributed by atoms with van der Waals surface area (Å²) in [5, 5.41) is 4.23. The molecule has 1 unspecified atom stereocenters. The lowest BCUT2D eigenvalue weighted by molar-refractivity contribution is -0.219. The van der Waals surface area contributed by atoms with E-state index >= 15 is 0 Å². The van der Waals surface area contributed by atoms with Gasteiger partial charge in [-0.3, -0.25) is 0 Å². The fourth-order valence-corrected chi connectivity index (χ4v) is 1.85. The van der Waals surface area contributed by atoms with Crippen LogP contribution in [-0.4, -0.2) is 22.7 Å². The van der Waals surface area contributed by atoms with Gasteiger partial charge in [0.25, 0.3) is 6.17 Å². The van der Waals surface area contributed by atoms with Crippen molar-refractivity contribution < 1.29 is 35.9 Å². The Bertz CT molecular complexity index is 524. The van der Waals surface area contributed by atoms with Crippen LogP contribution in [0.3, 0.4) is 0 Å². The summed E-state index contributed by atoms with van der Waals surface area (Å²) < 4.78 is 78.6.